The standard InChI is InChI=1S/C26H18N4O3S/c31-24(20-16-19-18-7-2-1-6-17(18)10-11-22(19)33-25(20)32)30(15-14-29-13-5-12-27-29)26-28-21-8-3-4-9-23(21)34-26/h1-13,16H,14-15H2. The fourth-order valence-electron chi connectivity index (χ4n) is 4.06. The summed E-state index contributed by atoms with van der Waals surface area (Å²) in [6.07, 6.45) is 3.52. The highest BCUT2D eigenvalue weighted by atomic mass is 32.1. The highest BCUT2D eigenvalue weighted by Gasteiger charge is 2.25. The number of carbonyl (C=O) groups excluding carboxylic acids is 1. The van der Waals surface area contributed by atoms with Crippen LogP contribution in [0.25, 0.3) is 32.0 Å². The predicted octanol–water partition coefficient (Wildman–Crippen LogP) is 5.10. The first-order chi connectivity index (χ1) is 16.7. The highest BCUT2D eigenvalue weighted by molar-refractivity contribution is 7.22. The van der Waals surface area contributed by atoms with E-state index in [0.29, 0.717) is 23.8 Å². The lowest BCUT2D eigenvalue weighted by atomic mass is 10.0. The largest absolute Gasteiger partial charge is 0.422 e. The molecule has 0 radical (unpaired) electrons. The van der Waals surface area contributed by atoms with Gasteiger partial charge in [0.15, 0.2) is 5.13 Å². The molecule has 3 aromatic heterocycles. The molecule has 6 aromatic rings. The number of fused-ring (bicyclic) bond motifs is 4. The number of nitrogens with zero attached hydrogens (tertiary/aromatic N) is 4. The minimum absolute atomic E-state index is 0.0245. The van der Waals surface area contributed by atoms with Gasteiger partial charge in [-0.25, -0.2) is 9.78 Å². The lowest BCUT2D eigenvalue weighted by Gasteiger charge is -2.19. The second-order valence-electron chi connectivity index (χ2n) is 7.84. The van der Waals surface area contributed by atoms with E-state index in [-0.39, 0.29) is 5.56 Å². The summed E-state index contributed by atoms with van der Waals surface area (Å²) in [6, 6.07) is 22.6. The molecule has 34 heavy (non-hydrogen) atoms. The zero-order valence-electron chi connectivity index (χ0n) is 17.9. The molecule has 0 aliphatic heterocycles. The molecule has 1 amide bonds. The van der Waals surface area contributed by atoms with E-state index >= 15 is 0 Å². The maximum absolute atomic E-state index is 13.8. The summed E-state index contributed by atoms with van der Waals surface area (Å²) < 4.78 is 8.28. The van der Waals surface area contributed by atoms with Gasteiger partial charge in [-0.2, -0.15) is 5.10 Å². The number of thiazole rings is 1. The van der Waals surface area contributed by atoms with Crippen LogP contribution in [-0.4, -0.2) is 27.2 Å². The average molecular weight is 467 g/mol. The Morgan fingerprint density at radius 2 is 1.85 bits per heavy atom. The molecule has 0 bridgehead atoms. The van der Waals surface area contributed by atoms with Gasteiger partial charge in [0.25, 0.3) is 5.91 Å². The summed E-state index contributed by atoms with van der Waals surface area (Å²) >= 11 is 1.41. The second kappa shape index (κ2) is 8.24. The Morgan fingerprint density at radius 1 is 1.00 bits per heavy atom. The van der Waals surface area contributed by atoms with Crippen molar-refractivity contribution in [2.75, 3.05) is 11.4 Å². The molecule has 0 atom stereocenters. The van der Waals surface area contributed by atoms with Crippen molar-refractivity contribution >= 4 is 54.3 Å². The van der Waals surface area contributed by atoms with Crippen LogP contribution in [0.4, 0.5) is 5.13 Å². The maximum Gasteiger partial charge on any atom is 0.349 e. The van der Waals surface area contributed by atoms with E-state index in [1.54, 1.807) is 23.0 Å². The van der Waals surface area contributed by atoms with Gasteiger partial charge in [0.05, 0.1) is 16.8 Å². The van der Waals surface area contributed by atoms with Crippen LogP contribution < -0.4 is 10.5 Å². The molecular formula is C26H18N4O3S. The van der Waals surface area contributed by atoms with Crippen molar-refractivity contribution in [1.82, 2.24) is 14.8 Å². The van der Waals surface area contributed by atoms with Gasteiger partial charge in [0.1, 0.15) is 11.1 Å². The molecule has 0 unspecified atom stereocenters. The first-order valence-corrected chi connectivity index (χ1v) is 11.6. The van der Waals surface area contributed by atoms with Gasteiger partial charge >= 0.3 is 5.63 Å². The smallest absolute Gasteiger partial charge is 0.349 e. The molecule has 166 valence electrons. The molecule has 6 rings (SSSR count). The summed E-state index contributed by atoms with van der Waals surface area (Å²) in [7, 11) is 0. The number of benzene rings is 3. The Labute approximate surface area is 197 Å². The maximum atomic E-state index is 13.8. The average Bonchev–Trinajstić information content (AvgIpc) is 3.53. The third kappa shape index (κ3) is 3.54. The van der Waals surface area contributed by atoms with E-state index in [1.165, 1.54) is 16.2 Å². The van der Waals surface area contributed by atoms with Gasteiger partial charge < -0.3 is 4.42 Å². The number of para-hydroxylation sites is 1. The molecule has 0 spiro atoms. The Morgan fingerprint density at radius 3 is 2.71 bits per heavy atom. The van der Waals surface area contributed by atoms with Crippen LogP contribution >= 0.6 is 11.3 Å². The number of carbonyl (C=O) groups is 1. The summed E-state index contributed by atoms with van der Waals surface area (Å²) in [5.74, 6) is -0.449. The topological polar surface area (TPSA) is 81.2 Å². The van der Waals surface area contributed by atoms with Crippen LogP contribution in [-0.2, 0) is 6.54 Å². The van der Waals surface area contributed by atoms with Crippen LogP contribution in [0.15, 0.2) is 94.4 Å². The Kier molecular flexibility index (Phi) is 4.92. The lowest BCUT2D eigenvalue weighted by Crippen LogP contribution is -2.36. The van der Waals surface area contributed by atoms with Crippen LogP contribution in [0.2, 0.25) is 0 Å². The van der Waals surface area contributed by atoms with Crippen molar-refractivity contribution < 1.29 is 9.21 Å². The predicted molar refractivity (Wildman–Crippen MR) is 134 cm³/mol. The first-order valence-electron chi connectivity index (χ1n) is 10.8. The molecule has 8 heteroatoms. The highest BCUT2D eigenvalue weighted by Crippen LogP contribution is 2.30. The zero-order chi connectivity index (χ0) is 23.1. The Hall–Kier alpha value is -4.30. The van der Waals surface area contributed by atoms with Crippen molar-refractivity contribution in [2.45, 2.75) is 6.54 Å². The molecule has 7 nitrogen and oxygen atoms in total. The minimum atomic E-state index is -0.669. The number of hydrogen-bond donors (Lipinski definition) is 0. The van der Waals surface area contributed by atoms with Crippen LogP contribution in [0, 0.1) is 0 Å². The molecule has 0 saturated heterocycles. The quantitative estimate of drug-likeness (QED) is 0.261. The Bertz CT molecular complexity index is 1690. The van der Waals surface area contributed by atoms with Crippen LogP contribution in [0.3, 0.4) is 0 Å². The van der Waals surface area contributed by atoms with Gasteiger partial charge in [-0.1, -0.05) is 53.8 Å². The van der Waals surface area contributed by atoms with Crippen molar-refractivity contribution in [3.05, 3.63) is 101 Å². The number of anilines is 1. The van der Waals surface area contributed by atoms with E-state index < -0.39 is 11.5 Å². The van der Waals surface area contributed by atoms with Gasteiger partial charge in [0.2, 0.25) is 0 Å². The van der Waals surface area contributed by atoms with Crippen LogP contribution in [0.5, 0.6) is 0 Å². The van der Waals surface area contributed by atoms with E-state index in [2.05, 4.69) is 10.1 Å². The first kappa shape index (κ1) is 20.3. The van der Waals surface area contributed by atoms with E-state index in [1.807, 2.05) is 66.9 Å². The SMILES string of the molecule is O=C(c1cc2c(ccc3ccccc32)oc1=O)N(CCn1cccn1)c1nc2ccccc2s1. The fourth-order valence-corrected chi connectivity index (χ4v) is 5.05. The second-order valence-corrected chi connectivity index (χ2v) is 8.85. The van der Waals surface area contributed by atoms with Gasteiger partial charge in [0, 0.05) is 24.3 Å². The number of hydrogen-bond acceptors (Lipinski definition) is 6. The molecule has 0 aliphatic carbocycles. The minimum Gasteiger partial charge on any atom is -0.422 e. The molecular weight excluding hydrogens is 448 g/mol. The lowest BCUT2D eigenvalue weighted by molar-refractivity contribution is 0.0982. The van der Waals surface area contributed by atoms with Gasteiger partial charge in [-0.15, -0.1) is 0 Å². The molecule has 0 fully saturated rings. The van der Waals surface area contributed by atoms with Crippen molar-refractivity contribution in [1.29, 1.82) is 0 Å². The molecule has 3 heterocycles. The summed E-state index contributed by atoms with van der Waals surface area (Å²) in [6.45, 7) is 0.754. The van der Waals surface area contributed by atoms with Crippen LogP contribution in [0.1, 0.15) is 10.4 Å². The van der Waals surface area contributed by atoms with Gasteiger partial charge in [-0.3, -0.25) is 14.4 Å². The summed E-state index contributed by atoms with van der Waals surface area (Å²) in [4.78, 5) is 32.9. The van der Waals surface area contributed by atoms with E-state index in [4.69, 9.17) is 4.42 Å². The molecule has 0 aliphatic rings. The third-order valence-corrected chi connectivity index (χ3v) is 6.80. The van der Waals surface area contributed by atoms with E-state index in [9.17, 15) is 9.59 Å². The summed E-state index contributed by atoms with van der Waals surface area (Å²) in [5.41, 5.74) is 0.556. The van der Waals surface area contributed by atoms with Crippen molar-refractivity contribution in [3.8, 4) is 0 Å². The van der Waals surface area contributed by atoms with E-state index in [0.717, 1.165) is 26.4 Å². The van der Waals surface area contributed by atoms with Crippen molar-refractivity contribution in [3.63, 3.8) is 0 Å². The monoisotopic (exact) mass is 466 g/mol. The number of rotatable bonds is 5. The molecule has 0 saturated carbocycles. The van der Waals surface area contributed by atoms with Gasteiger partial charge in [-0.05, 0) is 41.1 Å². The number of aromatic nitrogens is 3. The third-order valence-electron chi connectivity index (χ3n) is 5.74. The van der Waals surface area contributed by atoms with Crippen molar-refractivity contribution in [2.24, 2.45) is 0 Å². The zero-order valence-corrected chi connectivity index (χ0v) is 18.7. The Balaban J connectivity index is 1.47. The molecule has 0 N–H and O–H groups in total. The fraction of sp³-hybridized carbons (Fsp3) is 0.0769. The summed E-state index contributed by atoms with van der Waals surface area (Å²) in [5, 5.41) is 7.40. The normalized spacial score (nSPS) is 11.4. The molecule has 3 aromatic carbocycles. The number of amides is 1.